The van der Waals surface area contributed by atoms with Crippen LogP contribution < -0.4 is 10.5 Å². The van der Waals surface area contributed by atoms with E-state index in [-0.39, 0.29) is 5.75 Å². The van der Waals surface area contributed by atoms with Gasteiger partial charge in [-0.2, -0.15) is 8.78 Å². The third kappa shape index (κ3) is 4.42. The van der Waals surface area contributed by atoms with Crippen molar-refractivity contribution in [1.29, 1.82) is 0 Å². The second-order valence-corrected chi connectivity index (χ2v) is 5.31. The van der Waals surface area contributed by atoms with Crippen LogP contribution in [-0.2, 0) is 6.54 Å². The van der Waals surface area contributed by atoms with E-state index in [0.29, 0.717) is 19.0 Å². The van der Waals surface area contributed by atoms with Crippen LogP contribution in [0, 0.1) is 5.92 Å². The molecule has 1 aromatic carbocycles. The van der Waals surface area contributed by atoms with Crippen molar-refractivity contribution in [3.63, 3.8) is 0 Å². The van der Waals surface area contributed by atoms with Crippen molar-refractivity contribution >= 4 is 0 Å². The normalized spacial score (nSPS) is 20.3. The highest BCUT2D eigenvalue weighted by molar-refractivity contribution is 5.33. The number of ether oxygens (including phenoxy) is 1. The molecule has 0 bridgehead atoms. The maximum absolute atomic E-state index is 12.4. The second-order valence-electron chi connectivity index (χ2n) is 5.31. The molecule has 0 aromatic heterocycles. The van der Waals surface area contributed by atoms with Gasteiger partial charge in [0.1, 0.15) is 5.75 Å². The van der Waals surface area contributed by atoms with Crippen LogP contribution in [0.15, 0.2) is 24.3 Å². The molecule has 1 aliphatic heterocycles. The lowest BCUT2D eigenvalue weighted by atomic mass is 9.94. The number of halogens is 2. The Morgan fingerprint density at radius 2 is 2.15 bits per heavy atom. The maximum Gasteiger partial charge on any atom is 0.387 e. The Morgan fingerprint density at radius 3 is 2.90 bits per heavy atom. The summed E-state index contributed by atoms with van der Waals surface area (Å²) in [5, 5.41) is 0. The number of nitrogens with zero attached hydrogens (tertiary/aromatic N) is 1. The van der Waals surface area contributed by atoms with E-state index < -0.39 is 6.61 Å². The van der Waals surface area contributed by atoms with Crippen LogP contribution in [0.25, 0.3) is 0 Å². The third-order valence-electron chi connectivity index (χ3n) is 3.76. The van der Waals surface area contributed by atoms with E-state index in [2.05, 4.69) is 9.64 Å². The summed E-state index contributed by atoms with van der Waals surface area (Å²) in [6, 6.07) is 7.02. The Kier molecular flexibility index (Phi) is 5.73. The number of alkyl halides is 2. The number of rotatable bonds is 6. The van der Waals surface area contributed by atoms with E-state index in [1.54, 1.807) is 12.1 Å². The van der Waals surface area contributed by atoms with Crippen LogP contribution in [0.3, 0.4) is 0 Å². The molecule has 2 rings (SSSR count). The molecule has 1 atom stereocenters. The van der Waals surface area contributed by atoms with Gasteiger partial charge < -0.3 is 10.5 Å². The number of hydrogen-bond donors (Lipinski definition) is 1. The van der Waals surface area contributed by atoms with Crippen LogP contribution in [0.2, 0.25) is 0 Å². The Morgan fingerprint density at radius 1 is 1.35 bits per heavy atom. The summed E-state index contributed by atoms with van der Waals surface area (Å²) in [6.45, 7) is 0.584. The highest BCUT2D eigenvalue weighted by Gasteiger charge is 2.20. The minimum atomic E-state index is -2.78. The molecule has 1 saturated heterocycles. The first-order chi connectivity index (χ1) is 9.69. The standard InChI is InChI=1S/C15H22F2N2O/c16-15(17)20-14-6-2-1-5-13(14)11-19-9-3-4-12(10-19)7-8-18/h1-2,5-6,12,15H,3-4,7-11,18H2. The van der Waals surface area contributed by atoms with E-state index >= 15 is 0 Å². The maximum atomic E-state index is 12.4. The molecule has 1 aromatic rings. The Hall–Kier alpha value is -1.20. The fraction of sp³-hybridized carbons (Fsp3) is 0.600. The largest absolute Gasteiger partial charge is 0.434 e. The quantitative estimate of drug-likeness (QED) is 0.873. The van der Waals surface area contributed by atoms with Crippen molar-refractivity contribution < 1.29 is 13.5 Å². The molecule has 0 aliphatic carbocycles. The lowest BCUT2D eigenvalue weighted by molar-refractivity contribution is -0.0508. The molecule has 5 heteroatoms. The van der Waals surface area contributed by atoms with Gasteiger partial charge in [-0.1, -0.05) is 18.2 Å². The van der Waals surface area contributed by atoms with E-state index in [1.807, 2.05) is 12.1 Å². The van der Waals surface area contributed by atoms with Crippen LogP contribution in [0.5, 0.6) is 5.75 Å². The van der Waals surface area contributed by atoms with Crippen molar-refractivity contribution in [3.05, 3.63) is 29.8 Å². The molecule has 1 fully saturated rings. The van der Waals surface area contributed by atoms with Crippen molar-refractivity contribution in [1.82, 2.24) is 4.90 Å². The van der Waals surface area contributed by atoms with Crippen molar-refractivity contribution in [2.24, 2.45) is 11.7 Å². The monoisotopic (exact) mass is 284 g/mol. The molecule has 20 heavy (non-hydrogen) atoms. The van der Waals surface area contributed by atoms with Gasteiger partial charge in [0.2, 0.25) is 0 Å². The van der Waals surface area contributed by atoms with Crippen LogP contribution in [-0.4, -0.2) is 31.1 Å². The lowest BCUT2D eigenvalue weighted by Crippen LogP contribution is -2.35. The molecule has 1 heterocycles. The Labute approximate surface area is 118 Å². The average Bonchev–Trinajstić information content (AvgIpc) is 2.41. The van der Waals surface area contributed by atoms with E-state index in [1.165, 1.54) is 6.42 Å². The van der Waals surface area contributed by atoms with Gasteiger partial charge >= 0.3 is 6.61 Å². The minimum absolute atomic E-state index is 0.281. The topological polar surface area (TPSA) is 38.5 Å². The lowest BCUT2D eigenvalue weighted by Gasteiger charge is -2.32. The first kappa shape index (κ1) is 15.2. The van der Waals surface area contributed by atoms with Crippen LogP contribution >= 0.6 is 0 Å². The predicted molar refractivity (Wildman–Crippen MR) is 74.7 cm³/mol. The zero-order chi connectivity index (χ0) is 14.4. The van der Waals surface area contributed by atoms with E-state index in [0.717, 1.165) is 31.5 Å². The Balaban J connectivity index is 1.98. The van der Waals surface area contributed by atoms with Crippen molar-refractivity contribution in [3.8, 4) is 5.75 Å². The van der Waals surface area contributed by atoms with Gasteiger partial charge in [-0.3, -0.25) is 4.90 Å². The van der Waals surface area contributed by atoms with Crippen molar-refractivity contribution in [2.45, 2.75) is 32.4 Å². The molecule has 0 radical (unpaired) electrons. The third-order valence-corrected chi connectivity index (χ3v) is 3.76. The zero-order valence-corrected chi connectivity index (χ0v) is 11.6. The molecular formula is C15H22F2N2O. The summed E-state index contributed by atoms with van der Waals surface area (Å²) in [7, 11) is 0. The molecule has 1 unspecified atom stereocenters. The summed E-state index contributed by atoms with van der Waals surface area (Å²) < 4.78 is 29.4. The summed E-state index contributed by atoms with van der Waals surface area (Å²) in [5.74, 6) is 0.903. The van der Waals surface area contributed by atoms with Gasteiger partial charge in [0.05, 0.1) is 0 Å². The molecule has 3 nitrogen and oxygen atoms in total. The van der Waals surface area contributed by atoms with Gasteiger partial charge in [-0.15, -0.1) is 0 Å². The number of hydrogen-bond acceptors (Lipinski definition) is 3. The Bertz CT molecular complexity index is 413. The summed E-state index contributed by atoms with van der Waals surface area (Å²) >= 11 is 0. The fourth-order valence-electron chi connectivity index (χ4n) is 2.85. The summed E-state index contributed by atoms with van der Waals surface area (Å²) in [4.78, 5) is 2.30. The minimum Gasteiger partial charge on any atom is -0.434 e. The summed E-state index contributed by atoms with van der Waals surface area (Å²) in [5.41, 5.74) is 6.44. The van der Waals surface area contributed by atoms with Crippen LogP contribution in [0.4, 0.5) is 8.78 Å². The highest BCUT2D eigenvalue weighted by atomic mass is 19.3. The van der Waals surface area contributed by atoms with Crippen LogP contribution in [0.1, 0.15) is 24.8 Å². The first-order valence-electron chi connectivity index (χ1n) is 7.14. The number of likely N-dealkylation sites (tertiary alicyclic amines) is 1. The smallest absolute Gasteiger partial charge is 0.387 e. The van der Waals surface area contributed by atoms with E-state index in [9.17, 15) is 8.78 Å². The number of para-hydroxylation sites is 1. The number of piperidine rings is 1. The first-order valence-corrected chi connectivity index (χ1v) is 7.14. The van der Waals surface area contributed by atoms with Gasteiger partial charge in [0, 0.05) is 18.7 Å². The zero-order valence-electron chi connectivity index (χ0n) is 11.6. The number of benzene rings is 1. The predicted octanol–water partition coefficient (Wildman–Crippen LogP) is 2.85. The molecule has 0 spiro atoms. The number of nitrogens with two attached hydrogens (primary N) is 1. The van der Waals surface area contributed by atoms with Gasteiger partial charge in [-0.25, -0.2) is 0 Å². The van der Waals surface area contributed by atoms with E-state index in [4.69, 9.17) is 5.73 Å². The van der Waals surface area contributed by atoms with Gasteiger partial charge in [0.15, 0.2) is 0 Å². The highest BCUT2D eigenvalue weighted by Crippen LogP contribution is 2.25. The molecule has 112 valence electrons. The molecule has 1 aliphatic rings. The SMILES string of the molecule is NCCC1CCCN(Cc2ccccc2OC(F)F)C1. The molecule has 2 N–H and O–H groups in total. The summed E-state index contributed by atoms with van der Waals surface area (Å²) in [6.07, 6.45) is 3.39. The fourth-order valence-corrected chi connectivity index (χ4v) is 2.85. The molecule has 0 amide bonds. The second kappa shape index (κ2) is 7.55. The van der Waals surface area contributed by atoms with Crippen molar-refractivity contribution in [2.75, 3.05) is 19.6 Å². The molecule has 0 saturated carbocycles. The van der Waals surface area contributed by atoms with Gasteiger partial charge in [0.25, 0.3) is 0 Å². The van der Waals surface area contributed by atoms with Gasteiger partial charge in [-0.05, 0) is 44.3 Å². The average molecular weight is 284 g/mol. The molecular weight excluding hydrogens is 262 g/mol.